The molecule has 1 aliphatic carbocycles. The standard InChI is InChI=1S/C19H24N4O4/c1-3-22(11-18(25)26)15-8-13(9-15)20-19(27)16-10-17(24)23(21-16)14-6-4-12(2)5-7-14/h4-7,10,13,15,21H,3,8-9,11H2,1-2H3,(H,20,27)(H,25,26). The molecule has 144 valence electrons. The normalized spacial score (nSPS) is 18.9. The van der Waals surface area contributed by atoms with Crippen molar-refractivity contribution in [3.05, 3.63) is 51.9 Å². The molecular weight excluding hydrogens is 348 g/mol. The highest BCUT2D eigenvalue weighted by Gasteiger charge is 2.35. The van der Waals surface area contributed by atoms with Crippen molar-refractivity contribution < 1.29 is 14.7 Å². The van der Waals surface area contributed by atoms with Gasteiger partial charge in [0.1, 0.15) is 5.69 Å². The summed E-state index contributed by atoms with van der Waals surface area (Å²) in [4.78, 5) is 37.4. The Hall–Kier alpha value is -2.87. The minimum atomic E-state index is -0.848. The Morgan fingerprint density at radius 3 is 2.56 bits per heavy atom. The SMILES string of the molecule is CCN(CC(=O)O)C1CC(NC(=O)c2cc(=O)n(-c3ccc(C)cc3)[nH]2)C1. The number of carboxylic acid groups (broad SMARTS) is 1. The number of likely N-dealkylation sites (N-methyl/N-ethyl adjacent to an activating group) is 1. The number of nitrogens with zero attached hydrogens (tertiary/aromatic N) is 2. The fraction of sp³-hybridized carbons (Fsp3) is 0.421. The van der Waals surface area contributed by atoms with Gasteiger partial charge in [0.05, 0.1) is 12.2 Å². The number of carboxylic acids is 1. The monoisotopic (exact) mass is 372 g/mol. The molecule has 0 saturated heterocycles. The first-order valence-corrected chi connectivity index (χ1v) is 9.03. The summed E-state index contributed by atoms with van der Waals surface area (Å²) < 4.78 is 1.34. The number of hydrogen-bond donors (Lipinski definition) is 3. The molecule has 0 bridgehead atoms. The van der Waals surface area contributed by atoms with Crippen LogP contribution < -0.4 is 10.9 Å². The molecule has 0 atom stereocenters. The second-order valence-electron chi connectivity index (χ2n) is 6.93. The lowest BCUT2D eigenvalue weighted by Gasteiger charge is -2.42. The Morgan fingerprint density at radius 1 is 1.30 bits per heavy atom. The Balaban J connectivity index is 1.60. The van der Waals surface area contributed by atoms with Gasteiger partial charge in [-0.15, -0.1) is 0 Å². The Morgan fingerprint density at radius 2 is 1.96 bits per heavy atom. The van der Waals surface area contributed by atoms with Crippen molar-refractivity contribution in [3.8, 4) is 5.69 Å². The molecule has 2 aromatic rings. The maximum Gasteiger partial charge on any atom is 0.317 e. The van der Waals surface area contributed by atoms with Crippen LogP contribution in [-0.2, 0) is 4.79 Å². The van der Waals surface area contributed by atoms with E-state index in [1.54, 1.807) is 0 Å². The maximum atomic E-state index is 12.4. The molecule has 1 saturated carbocycles. The molecule has 1 heterocycles. The number of carbonyl (C=O) groups is 2. The van der Waals surface area contributed by atoms with Crippen LogP contribution in [-0.4, -0.2) is 56.8 Å². The van der Waals surface area contributed by atoms with Gasteiger partial charge in [0.15, 0.2) is 0 Å². The first-order valence-electron chi connectivity index (χ1n) is 9.03. The number of H-pyrrole nitrogens is 1. The van der Waals surface area contributed by atoms with Gasteiger partial charge < -0.3 is 10.4 Å². The van der Waals surface area contributed by atoms with Crippen molar-refractivity contribution in [3.63, 3.8) is 0 Å². The summed E-state index contributed by atoms with van der Waals surface area (Å²) >= 11 is 0. The summed E-state index contributed by atoms with van der Waals surface area (Å²) in [5, 5.41) is 14.7. The van der Waals surface area contributed by atoms with E-state index in [0.717, 1.165) is 5.56 Å². The molecule has 1 fully saturated rings. The zero-order chi connectivity index (χ0) is 19.6. The molecule has 27 heavy (non-hydrogen) atoms. The minimum Gasteiger partial charge on any atom is -0.480 e. The molecule has 3 N–H and O–H groups in total. The van der Waals surface area contributed by atoms with Gasteiger partial charge >= 0.3 is 5.97 Å². The van der Waals surface area contributed by atoms with Crippen molar-refractivity contribution in [2.24, 2.45) is 0 Å². The fourth-order valence-corrected chi connectivity index (χ4v) is 3.34. The van der Waals surface area contributed by atoms with Gasteiger partial charge in [0, 0.05) is 18.2 Å². The summed E-state index contributed by atoms with van der Waals surface area (Å²) in [5.41, 5.74) is 1.66. The molecule has 1 amide bonds. The van der Waals surface area contributed by atoms with Gasteiger partial charge in [-0.05, 0) is 38.4 Å². The lowest BCUT2D eigenvalue weighted by atomic mass is 9.85. The van der Waals surface area contributed by atoms with Gasteiger partial charge in [-0.3, -0.25) is 24.4 Å². The average molecular weight is 372 g/mol. The summed E-state index contributed by atoms with van der Waals surface area (Å²) in [6.07, 6.45) is 1.41. The summed E-state index contributed by atoms with van der Waals surface area (Å²) in [7, 11) is 0. The summed E-state index contributed by atoms with van der Waals surface area (Å²) in [5.74, 6) is -1.18. The molecule has 0 radical (unpaired) electrons. The number of aromatic amines is 1. The number of hydrogen-bond acceptors (Lipinski definition) is 4. The van der Waals surface area contributed by atoms with Crippen LogP contribution in [0.3, 0.4) is 0 Å². The number of amides is 1. The topological polar surface area (TPSA) is 107 Å². The fourth-order valence-electron chi connectivity index (χ4n) is 3.34. The Labute approximate surface area is 156 Å². The molecule has 3 rings (SSSR count). The number of nitrogens with one attached hydrogen (secondary N) is 2. The zero-order valence-corrected chi connectivity index (χ0v) is 15.4. The van der Waals surface area contributed by atoms with Gasteiger partial charge in [-0.1, -0.05) is 24.6 Å². The van der Waals surface area contributed by atoms with Crippen molar-refractivity contribution in [2.45, 2.75) is 38.8 Å². The third kappa shape index (κ3) is 4.28. The predicted octanol–water partition coefficient (Wildman–Crippen LogP) is 1.14. The van der Waals surface area contributed by atoms with Crippen LogP contribution in [0.4, 0.5) is 0 Å². The van der Waals surface area contributed by atoms with E-state index in [2.05, 4.69) is 10.4 Å². The minimum absolute atomic E-state index is 0.00849. The molecule has 1 aromatic carbocycles. The van der Waals surface area contributed by atoms with Gasteiger partial charge in [0.2, 0.25) is 0 Å². The van der Waals surface area contributed by atoms with Crippen LogP contribution in [0.1, 0.15) is 35.8 Å². The number of rotatable bonds is 7. The number of aromatic nitrogens is 2. The number of carbonyl (C=O) groups excluding carboxylic acids is 1. The predicted molar refractivity (Wildman–Crippen MR) is 100 cm³/mol. The first kappa shape index (κ1) is 18.9. The first-order chi connectivity index (χ1) is 12.9. The van der Waals surface area contributed by atoms with Gasteiger partial charge in [-0.2, -0.15) is 0 Å². The lowest BCUT2D eigenvalue weighted by Crippen LogP contribution is -2.54. The van der Waals surface area contributed by atoms with Crippen LogP contribution in [0, 0.1) is 6.92 Å². The molecule has 1 aromatic heterocycles. The Kier molecular flexibility index (Phi) is 5.46. The molecular formula is C19H24N4O4. The zero-order valence-electron chi connectivity index (χ0n) is 15.4. The van der Waals surface area contributed by atoms with Gasteiger partial charge in [0.25, 0.3) is 11.5 Å². The molecule has 0 unspecified atom stereocenters. The molecule has 0 aliphatic heterocycles. The molecule has 8 nitrogen and oxygen atoms in total. The number of aryl methyl sites for hydroxylation is 1. The highest BCUT2D eigenvalue weighted by atomic mass is 16.4. The smallest absolute Gasteiger partial charge is 0.317 e. The van der Waals surface area contributed by atoms with Crippen LogP contribution in [0.25, 0.3) is 5.69 Å². The third-order valence-electron chi connectivity index (χ3n) is 4.97. The highest BCUT2D eigenvalue weighted by Crippen LogP contribution is 2.25. The van der Waals surface area contributed by atoms with Crippen LogP contribution >= 0.6 is 0 Å². The van der Waals surface area contributed by atoms with Crippen molar-refractivity contribution in [1.82, 2.24) is 20.0 Å². The molecule has 1 aliphatic rings. The lowest BCUT2D eigenvalue weighted by molar-refractivity contribution is -0.139. The van der Waals surface area contributed by atoms with Crippen LogP contribution in [0.2, 0.25) is 0 Å². The van der Waals surface area contributed by atoms with Crippen LogP contribution in [0.5, 0.6) is 0 Å². The average Bonchev–Trinajstić information content (AvgIpc) is 2.98. The van der Waals surface area contributed by atoms with E-state index in [1.807, 2.05) is 43.0 Å². The quantitative estimate of drug-likeness (QED) is 0.676. The second kappa shape index (κ2) is 7.79. The van der Waals surface area contributed by atoms with E-state index in [4.69, 9.17) is 5.11 Å². The summed E-state index contributed by atoms with van der Waals surface area (Å²) in [6, 6.07) is 8.85. The Bertz CT molecular complexity index is 878. The largest absolute Gasteiger partial charge is 0.480 e. The van der Waals surface area contributed by atoms with E-state index < -0.39 is 5.97 Å². The molecule has 0 spiro atoms. The highest BCUT2D eigenvalue weighted by molar-refractivity contribution is 5.92. The number of benzene rings is 1. The van der Waals surface area contributed by atoms with Gasteiger partial charge in [-0.25, -0.2) is 4.68 Å². The van der Waals surface area contributed by atoms with Crippen LogP contribution in [0.15, 0.2) is 35.1 Å². The third-order valence-corrected chi connectivity index (χ3v) is 4.97. The number of aliphatic carboxylic acids is 1. The summed E-state index contributed by atoms with van der Waals surface area (Å²) in [6.45, 7) is 4.55. The maximum absolute atomic E-state index is 12.4. The van der Waals surface area contributed by atoms with E-state index in [1.165, 1.54) is 10.7 Å². The molecule has 8 heteroatoms. The van der Waals surface area contributed by atoms with E-state index >= 15 is 0 Å². The van der Waals surface area contributed by atoms with E-state index in [-0.39, 0.29) is 35.8 Å². The van der Waals surface area contributed by atoms with E-state index in [0.29, 0.717) is 25.1 Å². The second-order valence-corrected chi connectivity index (χ2v) is 6.93. The van der Waals surface area contributed by atoms with Crippen molar-refractivity contribution in [1.29, 1.82) is 0 Å². The van der Waals surface area contributed by atoms with Crippen molar-refractivity contribution >= 4 is 11.9 Å². The van der Waals surface area contributed by atoms with E-state index in [9.17, 15) is 14.4 Å². The van der Waals surface area contributed by atoms with Crippen molar-refractivity contribution in [2.75, 3.05) is 13.1 Å².